The van der Waals surface area contributed by atoms with E-state index < -0.39 is 6.04 Å². The molecule has 2 aromatic rings. The Labute approximate surface area is 111 Å². The lowest BCUT2D eigenvalue weighted by molar-refractivity contribution is -0.119. The highest BCUT2D eigenvalue weighted by Crippen LogP contribution is 2.24. The minimum absolute atomic E-state index is 0.187. The fourth-order valence-electron chi connectivity index (χ4n) is 1.67. The first-order valence-electron chi connectivity index (χ1n) is 5.86. The smallest absolute Gasteiger partial charge is 0.249 e. The van der Waals surface area contributed by atoms with E-state index >= 15 is 0 Å². The van der Waals surface area contributed by atoms with Crippen LogP contribution < -0.4 is 15.8 Å². The van der Waals surface area contributed by atoms with E-state index in [4.69, 9.17) is 10.5 Å². The van der Waals surface area contributed by atoms with Crippen LogP contribution in [0.25, 0.3) is 0 Å². The van der Waals surface area contributed by atoms with Crippen molar-refractivity contribution in [2.45, 2.75) is 13.0 Å². The van der Waals surface area contributed by atoms with Crippen molar-refractivity contribution in [3.63, 3.8) is 0 Å². The summed E-state index contributed by atoms with van der Waals surface area (Å²) >= 11 is 0. The number of para-hydroxylation sites is 2. The van der Waals surface area contributed by atoms with Gasteiger partial charge in [-0.1, -0.05) is 12.1 Å². The van der Waals surface area contributed by atoms with E-state index in [0.717, 1.165) is 0 Å². The molecule has 0 spiro atoms. The molecule has 0 bridgehead atoms. The molecule has 1 aromatic heterocycles. The highest BCUT2D eigenvalue weighted by Gasteiger charge is 2.17. The van der Waals surface area contributed by atoms with E-state index in [-0.39, 0.29) is 5.91 Å². The van der Waals surface area contributed by atoms with Crippen molar-refractivity contribution in [3.05, 3.63) is 36.5 Å². The third-order valence-electron chi connectivity index (χ3n) is 2.77. The van der Waals surface area contributed by atoms with Crippen LogP contribution in [-0.4, -0.2) is 22.8 Å². The molecule has 0 aliphatic heterocycles. The molecule has 19 heavy (non-hydrogen) atoms. The Kier molecular flexibility index (Phi) is 3.70. The second-order valence-electron chi connectivity index (χ2n) is 4.09. The van der Waals surface area contributed by atoms with E-state index in [2.05, 4.69) is 10.4 Å². The van der Waals surface area contributed by atoms with Crippen LogP contribution in [0.15, 0.2) is 36.5 Å². The van der Waals surface area contributed by atoms with Gasteiger partial charge in [-0.05, 0) is 25.1 Å². The van der Waals surface area contributed by atoms with Gasteiger partial charge >= 0.3 is 0 Å². The van der Waals surface area contributed by atoms with Crippen molar-refractivity contribution in [3.8, 4) is 5.75 Å². The highest BCUT2D eigenvalue weighted by atomic mass is 16.5. The number of anilines is 2. The summed E-state index contributed by atoms with van der Waals surface area (Å²) in [6.07, 6.45) is 1.67. The first-order chi connectivity index (χ1) is 9.11. The number of rotatable bonds is 4. The summed E-state index contributed by atoms with van der Waals surface area (Å²) in [6.45, 7) is 1.75. The second-order valence-corrected chi connectivity index (χ2v) is 4.09. The van der Waals surface area contributed by atoms with Gasteiger partial charge in [0.2, 0.25) is 5.91 Å². The molecule has 0 aliphatic carbocycles. The van der Waals surface area contributed by atoms with Gasteiger partial charge in [-0.15, -0.1) is 0 Å². The van der Waals surface area contributed by atoms with Crippen molar-refractivity contribution < 1.29 is 9.53 Å². The van der Waals surface area contributed by atoms with E-state index in [9.17, 15) is 4.79 Å². The summed E-state index contributed by atoms with van der Waals surface area (Å²) in [5.41, 5.74) is 6.16. The van der Waals surface area contributed by atoms with Crippen LogP contribution >= 0.6 is 0 Å². The Morgan fingerprint density at radius 1 is 1.42 bits per heavy atom. The Bertz CT molecular complexity index is 580. The molecule has 1 amide bonds. The lowest BCUT2D eigenvalue weighted by atomic mass is 10.2. The minimum atomic E-state index is -0.456. The molecular formula is C13H16N4O2. The number of hydrogen-bond acceptors (Lipinski definition) is 4. The monoisotopic (exact) mass is 260 g/mol. The van der Waals surface area contributed by atoms with Gasteiger partial charge in [-0.25, -0.2) is 0 Å². The summed E-state index contributed by atoms with van der Waals surface area (Å²) in [6, 6.07) is 8.42. The van der Waals surface area contributed by atoms with Gasteiger partial charge in [-0.2, -0.15) is 5.10 Å². The topological polar surface area (TPSA) is 82.2 Å². The Morgan fingerprint density at radius 3 is 2.79 bits per heavy atom. The predicted octanol–water partition coefficient (Wildman–Crippen LogP) is 1.67. The van der Waals surface area contributed by atoms with Crippen LogP contribution in [0.3, 0.4) is 0 Å². The molecule has 100 valence electrons. The van der Waals surface area contributed by atoms with Gasteiger partial charge in [0, 0.05) is 6.20 Å². The fourth-order valence-corrected chi connectivity index (χ4v) is 1.67. The quantitative estimate of drug-likeness (QED) is 0.876. The molecule has 0 saturated heterocycles. The number of benzene rings is 1. The molecule has 6 nitrogen and oxygen atoms in total. The van der Waals surface area contributed by atoms with Gasteiger partial charge in [0.15, 0.2) is 0 Å². The first-order valence-corrected chi connectivity index (χ1v) is 5.86. The number of nitrogens with zero attached hydrogens (tertiary/aromatic N) is 2. The summed E-state index contributed by atoms with van der Waals surface area (Å²) in [4.78, 5) is 12.1. The first kappa shape index (κ1) is 12.9. The van der Waals surface area contributed by atoms with Crippen molar-refractivity contribution in [2.24, 2.45) is 0 Å². The predicted molar refractivity (Wildman–Crippen MR) is 73.0 cm³/mol. The van der Waals surface area contributed by atoms with Crippen LogP contribution in [0.5, 0.6) is 5.75 Å². The number of hydrogen-bond donors (Lipinski definition) is 2. The van der Waals surface area contributed by atoms with Crippen molar-refractivity contribution in [2.75, 3.05) is 18.2 Å². The lowest BCUT2D eigenvalue weighted by Crippen LogP contribution is -2.24. The third kappa shape index (κ3) is 2.85. The number of ether oxygens (including phenoxy) is 1. The van der Waals surface area contributed by atoms with Gasteiger partial charge in [0.05, 0.1) is 12.8 Å². The highest BCUT2D eigenvalue weighted by molar-refractivity contribution is 5.94. The third-order valence-corrected chi connectivity index (χ3v) is 2.77. The molecule has 0 saturated carbocycles. The van der Waals surface area contributed by atoms with Crippen molar-refractivity contribution >= 4 is 17.4 Å². The largest absolute Gasteiger partial charge is 0.495 e. The van der Waals surface area contributed by atoms with Crippen molar-refractivity contribution in [1.29, 1.82) is 0 Å². The van der Waals surface area contributed by atoms with E-state index in [0.29, 0.717) is 17.3 Å². The SMILES string of the molecule is COc1ccccc1NC(=O)C(C)n1ccc(N)n1. The lowest BCUT2D eigenvalue weighted by Gasteiger charge is -2.14. The molecule has 1 unspecified atom stereocenters. The zero-order chi connectivity index (χ0) is 13.8. The van der Waals surface area contributed by atoms with E-state index in [1.807, 2.05) is 12.1 Å². The number of carbonyl (C=O) groups excluding carboxylic acids is 1. The molecule has 2 rings (SSSR count). The van der Waals surface area contributed by atoms with Gasteiger partial charge in [-0.3, -0.25) is 9.48 Å². The number of methoxy groups -OCH3 is 1. The number of nitrogens with one attached hydrogen (secondary N) is 1. The van der Waals surface area contributed by atoms with Crippen LogP contribution in [0.4, 0.5) is 11.5 Å². The maximum atomic E-state index is 12.1. The molecule has 6 heteroatoms. The Balaban J connectivity index is 2.12. The zero-order valence-electron chi connectivity index (χ0n) is 10.8. The molecule has 0 aliphatic rings. The average molecular weight is 260 g/mol. The fraction of sp³-hybridized carbons (Fsp3) is 0.231. The maximum Gasteiger partial charge on any atom is 0.249 e. The van der Waals surface area contributed by atoms with Crippen LogP contribution in [0.1, 0.15) is 13.0 Å². The molecule has 1 aromatic carbocycles. The second kappa shape index (κ2) is 5.43. The van der Waals surface area contributed by atoms with Crippen LogP contribution in [-0.2, 0) is 4.79 Å². The Morgan fingerprint density at radius 2 is 2.16 bits per heavy atom. The van der Waals surface area contributed by atoms with E-state index in [1.165, 1.54) is 4.68 Å². The number of aromatic nitrogens is 2. The van der Waals surface area contributed by atoms with E-state index in [1.54, 1.807) is 38.4 Å². The summed E-state index contributed by atoms with van der Waals surface area (Å²) in [5, 5.41) is 6.82. The average Bonchev–Trinajstić information content (AvgIpc) is 2.85. The molecule has 3 N–H and O–H groups in total. The molecule has 0 fully saturated rings. The summed E-state index contributed by atoms with van der Waals surface area (Å²) in [5.74, 6) is 0.813. The normalized spacial score (nSPS) is 11.9. The van der Waals surface area contributed by atoms with Gasteiger partial charge in [0.1, 0.15) is 17.6 Å². The number of nitrogen functional groups attached to an aromatic ring is 1. The molecular weight excluding hydrogens is 244 g/mol. The van der Waals surface area contributed by atoms with Crippen LogP contribution in [0.2, 0.25) is 0 Å². The van der Waals surface area contributed by atoms with Gasteiger partial charge < -0.3 is 15.8 Å². The molecule has 0 radical (unpaired) electrons. The number of amides is 1. The molecule has 1 atom stereocenters. The number of carbonyl (C=O) groups is 1. The zero-order valence-corrected chi connectivity index (χ0v) is 10.8. The van der Waals surface area contributed by atoms with Crippen LogP contribution in [0, 0.1) is 0 Å². The Hall–Kier alpha value is -2.50. The molecule has 1 heterocycles. The standard InChI is InChI=1S/C13H16N4O2/c1-9(17-8-7-12(14)16-17)13(18)15-10-5-3-4-6-11(10)19-2/h3-9H,1-2H3,(H2,14,16)(H,15,18). The number of nitrogens with two attached hydrogens (primary N) is 1. The minimum Gasteiger partial charge on any atom is -0.495 e. The van der Waals surface area contributed by atoms with Gasteiger partial charge in [0.25, 0.3) is 0 Å². The summed E-state index contributed by atoms with van der Waals surface area (Å²) < 4.78 is 6.69. The maximum absolute atomic E-state index is 12.1. The van der Waals surface area contributed by atoms with Crippen molar-refractivity contribution in [1.82, 2.24) is 9.78 Å². The summed E-state index contributed by atoms with van der Waals surface area (Å²) in [7, 11) is 1.56.